The second-order valence-electron chi connectivity index (χ2n) is 6.85. The highest BCUT2D eigenvalue weighted by atomic mass is 16.5. The SMILES string of the molecule is C=CC(=O)OCc1cc(-c2ccc(-c3ccc(C)cc3)cc2C)ccc1CO. The summed E-state index contributed by atoms with van der Waals surface area (Å²) in [5.41, 5.74) is 8.43. The van der Waals surface area contributed by atoms with E-state index < -0.39 is 5.97 Å². The van der Waals surface area contributed by atoms with Gasteiger partial charge in [0, 0.05) is 6.08 Å². The first-order valence-electron chi connectivity index (χ1n) is 9.21. The molecule has 142 valence electrons. The number of aliphatic hydroxyl groups excluding tert-OH is 1. The molecule has 3 aromatic rings. The molecule has 0 aliphatic rings. The van der Waals surface area contributed by atoms with E-state index in [1.54, 1.807) is 0 Å². The summed E-state index contributed by atoms with van der Waals surface area (Å²) < 4.78 is 5.16. The van der Waals surface area contributed by atoms with Crippen LogP contribution in [0.3, 0.4) is 0 Å². The lowest BCUT2D eigenvalue weighted by Crippen LogP contribution is -2.03. The molecule has 0 heterocycles. The van der Waals surface area contributed by atoms with Crippen LogP contribution in [0.4, 0.5) is 0 Å². The summed E-state index contributed by atoms with van der Waals surface area (Å²) in [7, 11) is 0. The maximum absolute atomic E-state index is 11.4. The Morgan fingerprint density at radius 2 is 1.61 bits per heavy atom. The minimum absolute atomic E-state index is 0.105. The highest BCUT2D eigenvalue weighted by Crippen LogP contribution is 2.30. The number of carbonyl (C=O) groups is 1. The summed E-state index contributed by atoms with van der Waals surface area (Å²) in [6.07, 6.45) is 1.14. The second-order valence-corrected chi connectivity index (χ2v) is 6.85. The van der Waals surface area contributed by atoms with Crippen LogP contribution in [0.2, 0.25) is 0 Å². The molecule has 0 bridgehead atoms. The molecule has 0 radical (unpaired) electrons. The summed E-state index contributed by atoms with van der Waals surface area (Å²) in [4.78, 5) is 11.4. The van der Waals surface area contributed by atoms with Gasteiger partial charge in [-0.25, -0.2) is 4.79 Å². The molecule has 0 spiro atoms. The number of ether oxygens (including phenoxy) is 1. The van der Waals surface area contributed by atoms with E-state index in [1.807, 2.05) is 18.2 Å². The molecule has 3 aromatic carbocycles. The Labute approximate surface area is 165 Å². The van der Waals surface area contributed by atoms with Crippen LogP contribution in [-0.4, -0.2) is 11.1 Å². The highest BCUT2D eigenvalue weighted by molar-refractivity contribution is 5.81. The topological polar surface area (TPSA) is 46.5 Å². The van der Waals surface area contributed by atoms with Gasteiger partial charge in [0.1, 0.15) is 6.61 Å². The first kappa shape index (κ1) is 19.6. The summed E-state index contributed by atoms with van der Waals surface area (Å²) in [5.74, 6) is -0.479. The van der Waals surface area contributed by atoms with Crippen LogP contribution >= 0.6 is 0 Å². The van der Waals surface area contributed by atoms with Gasteiger partial charge in [-0.1, -0.05) is 66.7 Å². The Hall–Kier alpha value is -3.17. The quantitative estimate of drug-likeness (QED) is 0.468. The van der Waals surface area contributed by atoms with Crippen LogP contribution < -0.4 is 0 Å². The predicted molar refractivity (Wildman–Crippen MR) is 113 cm³/mol. The zero-order chi connectivity index (χ0) is 20.1. The maximum atomic E-state index is 11.4. The fourth-order valence-corrected chi connectivity index (χ4v) is 3.20. The van der Waals surface area contributed by atoms with Crippen molar-refractivity contribution in [2.45, 2.75) is 27.1 Å². The van der Waals surface area contributed by atoms with Crippen LogP contribution in [0, 0.1) is 13.8 Å². The van der Waals surface area contributed by atoms with Gasteiger partial charge in [0.05, 0.1) is 6.61 Å². The van der Waals surface area contributed by atoms with E-state index in [2.05, 4.69) is 62.9 Å². The van der Waals surface area contributed by atoms with Crippen LogP contribution in [0.15, 0.2) is 73.3 Å². The molecule has 0 saturated carbocycles. The standard InChI is InChI=1S/C25H24O3/c1-4-25(27)28-16-23-14-21(9-10-22(23)15-26)24-12-11-20(13-18(24)3)19-7-5-17(2)6-8-19/h4-14,26H,1,15-16H2,2-3H3. The number of aryl methyl sites for hydroxylation is 2. The Bertz CT molecular complexity index is 1000. The third kappa shape index (κ3) is 4.38. The van der Waals surface area contributed by atoms with Gasteiger partial charge >= 0.3 is 5.97 Å². The molecular formula is C25H24O3. The van der Waals surface area contributed by atoms with Crippen molar-refractivity contribution in [3.8, 4) is 22.3 Å². The molecule has 28 heavy (non-hydrogen) atoms. The van der Waals surface area contributed by atoms with Crippen molar-refractivity contribution >= 4 is 5.97 Å². The van der Waals surface area contributed by atoms with Crippen molar-refractivity contribution in [3.63, 3.8) is 0 Å². The van der Waals surface area contributed by atoms with Gasteiger partial charge in [0.2, 0.25) is 0 Å². The minimum atomic E-state index is -0.479. The van der Waals surface area contributed by atoms with Gasteiger partial charge in [0.15, 0.2) is 0 Å². The molecule has 0 aliphatic carbocycles. The fourth-order valence-electron chi connectivity index (χ4n) is 3.20. The van der Waals surface area contributed by atoms with Crippen molar-refractivity contribution in [3.05, 3.63) is 95.6 Å². The molecule has 0 unspecified atom stereocenters. The van der Waals surface area contributed by atoms with Gasteiger partial charge in [-0.15, -0.1) is 0 Å². The zero-order valence-corrected chi connectivity index (χ0v) is 16.2. The van der Waals surface area contributed by atoms with Gasteiger partial charge in [-0.2, -0.15) is 0 Å². The van der Waals surface area contributed by atoms with Crippen molar-refractivity contribution in [1.82, 2.24) is 0 Å². The average molecular weight is 372 g/mol. The molecule has 3 heteroatoms. The van der Waals surface area contributed by atoms with E-state index in [4.69, 9.17) is 4.74 Å². The summed E-state index contributed by atoms with van der Waals surface area (Å²) in [5, 5.41) is 9.58. The number of esters is 1. The van der Waals surface area contributed by atoms with E-state index >= 15 is 0 Å². The lowest BCUT2D eigenvalue weighted by molar-refractivity contribution is -0.139. The summed E-state index contributed by atoms with van der Waals surface area (Å²) in [6, 6.07) is 20.7. The van der Waals surface area contributed by atoms with Gasteiger partial charge in [-0.05, 0) is 58.9 Å². The molecule has 0 aromatic heterocycles. The largest absolute Gasteiger partial charge is 0.458 e. The third-order valence-corrected chi connectivity index (χ3v) is 4.84. The summed E-state index contributed by atoms with van der Waals surface area (Å²) >= 11 is 0. The normalized spacial score (nSPS) is 10.5. The lowest BCUT2D eigenvalue weighted by atomic mass is 9.93. The molecule has 0 fully saturated rings. The van der Waals surface area contributed by atoms with Gasteiger partial charge in [-0.3, -0.25) is 0 Å². The number of aliphatic hydroxyl groups is 1. The van der Waals surface area contributed by atoms with Gasteiger partial charge in [0.25, 0.3) is 0 Å². The number of hydrogen-bond donors (Lipinski definition) is 1. The Morgan fingerprint density at radius 3 is 2.25 bits per heavy atom. The van der Waals surface area contributed by atoms with Crippen LogP contribution in [0.25, 0.3) is 22.3 Å². The minimum Gasteiger partial charge on any atom is -0.458 e. The highest BCUT2D eigenvalue weighted by Gasteiger charge is 2.10. The molecule has 0 amide bonds. The van der Waals surface area contributed by atoms with Gasteiger partial charge < -0.3 is 9.84 Å². The molecule has 1 N–H and O–H groups in total. The van der Waals surface area contributed by atoms with Crippen molar-refractivity contribution in [1.29, 1.82) is 0 Å². The van der Waals surface area contributed by atoms with E-state index in [1.165, 1.54) is 16.7 Å². The molecule has 3 rings (SSSR count). The first-order valence-corrected chi connectivity index (χ1v) is 9.21. The van der Waals surface area contributed by atoms with Crippen molar-refractivity contribution < 1.29 is 14.6 Å². The first-order chi connectivity index (χ1) is 13.5. The Kier molecular flexibility index (Phi) is 6.07. The number of rotatable bonds is 6. The predicted octanol–water partition coefficient (Wildman–Crippen LogP) is 5.36. The third-order valence-electron chi connectivity index (χ3n) is 4.84. The summed E-state index contributed by atoms with van der Waals surface area (Å²) in [6.45, 7) is 7.58. The molecular weight excluding hydrogens is 348 g/mol. The molecule has 0 atom stereocenters. The smallest absolute Gasteiger partial charge is 0.330 e. The molecule has 3 nitrogen and oxygen atoms in total. The molecule has 0 aliphatic heterocycles. The van der Waals surface area contributed by atoms with E-state index in [0.717, 1.165) is 33.9 Å². The second kappa shape index (κ2) is 8.68. The van der Waals surface area contributed by atoms with E-state index in [-0.39, 0.29) is 13.2 Å². The maximum Gasteiger partial charge on any atom is 0.330 e. The molecule has 0 saturated heterocycles. The Morgan fingerprint density at radius 1 is 0.929 bits per heavy atom. The number of benzene rings is 3. The van der Waals surface area contributed by atoms with Crippen LogP contribution in [0.1, 0.15) is 22.3 Å². The van der Waals surface area contributed by atoms with Crippen molar-refractivity contribution in [2.24, 2.45) is 0 Å². The van der Waals surface area contributed by atoms with Crippen molar-refractivity contribution in [2.75, 3.05) is 0 Å². The fraction of sp³-hybridized carbons (Fsp3) is 0.160. The average Bonchev–Trinajstić information content (AvgIpc) is 2.72. The van der Waals surface area contributed by atoms with E-state index in [0.29, 0.717) is 0 Å². The monoisotopic (exact) mass is 372 g/mol. The van der Waals surface area contributed by atoms with E-state index in [9.17, 15) is 9.90 Å². The Balaban J connectivity index is 1.93. The van der Waals surface area contributed by atoms with Crippen LogP contribution in [0.5, 0.6) is 0 Å². The lowest BCUT2D eigenvalue weighted by Gasteiger charge is -2.13. The number of carbonyl (C=O) groups excluding carboxylic acids is 1. The number of hydrogen-bond acceptors (Lipinski definition) is 3. The zero-order valence-electron chi connectivity index (χ0n) is 16.2. The van der Waals surface area contributed by atoms with Crippen LogP contribution in [-0.2, 0) is 22.7 Å².